The van der Waals surface area contributed by atoms with Gasteiger partial charge in [0, 0.05) is 31.5 Å². The van der Waals surface area contributed by atoms with Gasteiger partial charge in [-0.25, -0.2) is 4.98 Å². The molecule has 1 atom stereocenters. The Balaban J connectivity index is 1.27. The smallest absolute Gasteiger partial charge is 0.269 e. The van der Waals surface area contributed by atoms with E-state index in [0.717, 1.165) is 18.4 Å². The van der Waals surface area contributed by atoms with Gasteiger partial charge in [0.2, 0.25) is 5.88 Å². The van der Waals surface area contributed by atoms with E-state index in [1.165, 1.54) is 11.8 Å². The van der Waals surface area contributed by atoms with Crippen molar-refractivity contribution >= 4 is 11.8 Å². The van der Waals surface area contributed by atoms with Gasteiger partial charge in [0.25, 0.3) is 11.8 Å². The first-order chi connectivity index (χ1) is 18.1. The van der Waals surface area contributed by atoms with Crippen LogP contribution >= 0.6 is 0 Å². The highest BCUT2D eigenvalue weighted by Gasteiger charge is 2.23. The monoisotopic (exact) mass is 494 g/mol. The number of nitrogens with one attached hydrogen (secondary N) is 2. The second kappa shape index (κ2) is 10.9. The number of rotatable bonds is 7. The van der Waals surface area contributed by atoms with Crippen LogP contribution < -0.4 is 20.1 Å². The van der Waals surface area contributed by atoms with E-state index in [4.69, 9.17) is 9.47 Å². The zero-order valence-corrected chi connectivity index (χ0v) is 20.3. The van der Waals surface area contributed by atoms with Crippen molar-refractivity contribution in [2.75, 3.05) is 7.05 Å². The Morgan fingerprint density at radius 2 is 1.65 bits per heavy atom. The number of carbonyl (C=O) groups excluding carboxylic acids is 2. The summed E-state index contributed by atoms with van der Waals surface area (Å²) in [4.78, 5) is 33.4. The molecule has 2 amide bonds. The standard InChI is InChI=1S/C29H26N4O4/c1-30-28(35)26-18-24(13-15-31-26)36-23-12-10-19-9-11-21(16-20(19)17-23)33-27(34)25-8-5-14-32-29(25)37-22-6-3-2-4-7-22/h2-8,10,12-15,17-18,21H,9,11,16H2,1H3,(H,30,35)(H,33,34). The Morgan fingerprint density at radius 1 is 0.811 bits per heavy atom. The molecule has 37 heavy (non-hydrogen) atoms. The fraction of sp³-hybridized carbons (Fsp3) is 0.172. The van der Waals surface area contributed by atoms with Crippen molar-refractivity contribution in [1.82, 2.24) is 20.6 Å². The lowest BCUT2D eigenvalue weighted by molar-refractivity contribution is 0.0928. The van der Waals surface area contributed by atoms with E-state index in [0.29, 0.717) is 29.2 Å². The van der Waals surface area contributed by atoms with Gasteiger partial charge < -0.3 is 20.1 Å². The molecule has 4 aromatic rings. The molecule has 0 saturated carbocycles. The predicted octanol–water partition coefficient (Wildman–Crippen LogP) is 4.71. The molecule has 1 aliphatic carbocycles. The molecule has 1 aliphatic rings. The van der Waals surface area contributed by atoms with Crippen LogP contribution in [0.4, 0.5) is 0 Å². The molecule has 2 aromatic heterocycles. The van der Waals surface area contributed by atoms with Gasteiger partial charge in [-0.2, -0.15) is 0 Å². The largest absolute Gasteiger partial charge is 0.457 e. The van der Waals surface area contributed by atoms with Crippen LogP contribution in [0.1, 0.15) is 38.4 Å². The van der Waals surface area contributed by atoms with Crippen molar-refractivity contribution in [2.24, 2.45) is 0 Å². The molecule has 1 unspecified atom stereocenters. The number of pyridine rings is 2. The third kappa shape index (κ3) is 5.75. The summed E-state index contributed by atoms with van der Waals surface area (Å²) in [5, 5.41) is 5.70. The maximum absolute atomic E-state index is 13.2. The maximum Gasteiger partial charge on any atom is 0.269 e. The number of benzene rings is 2. The molecular weight excluding hydrogens is 468 g/mol. The van der Waals surface area contributed by atoms with Crippen LogP contribution in [0.3, 0.4) is 0 Å². The summed E-state index contributed by atoms with van der Waals surface area (Å²) in [5.41, 5.74) is 3.01. The second-order valence-corrected chi connectivity index (χ2v) is 8.67. The van der Waals surface area contributed by atoms with Crippen LogP contribution in [0.5, 0.6) is 23.1 Å². The zero-order valence-electron chi connectivity index (χ0n) is 20.3. The van der Waals surface area contributed by atoms with Gasteiger partial charge >= 0.3 is 0 Å². The van der Waals surface area contributed by atoms with Gasteiger partial charge in [-0.15, -0.1) is 0 Å². The number of hydrogen-bond acceptors (Lipinski definition) is 6. The third-order valence-corrected chi connectivity index (χ3v) is 6.14. The molecule has 2 heterocycles. The van der Waals surface area contributed by atoms with E-state index in [-0.39, 0.29) is 29.4 Å². The quantitative estimate of drug-likeness (QED) is 0.386. The Morgan fingerprint density at radius 3 is 2.49 bits per heavy atom. The molecule has 0 saturated heterocycles. The lowest BCUT2D eigenvalue weighted by Crippen LogP contribution is -2.39. The molecule has 0 bridgehead atoms. The van der Waals surface area contributed by atoms with E-state index >= 15 is 0 Å². The number of aryl methyl sites for hydroxylation is 1. The van der Waals surface area contributed by atoms with Gasteiger partial charge in [-0.3, -0.25) is 14.6 Å². The Hall–Kier alpha value is -4.72. The number of amides is 2. The average molecular weight is 495 g/mol. The number of fused-ring (bicyclic) bond motifs is 1. The fourth-order valence-corrected chi connectivity index (χ4v) is 4.29. The molecule has 0 aliphatic heterocycles. The van der Waals surface area contributed by atoms with Crippen LogP contribution in [-0.2, 0) is 12.8 Å². The van der Waals surface area contributed by atoms with E-state index in [1.54, 1.807) is 37.5 Å². The van der Waals surface area contributed by atoms with Gasteiger partial charge in [0.1, 0.15) is 28.5 Å². The molecular formula is C29H26N4O4. The second-order valence-electron chi connectivity index (χ2n) is 8.67. The van der Waals surface area contributed by atoms with Gasteiger partial charge in [0.05, 0.1) is 0 Å². The molecule has 0 spiro atoms. The highest BCUT2D eigenvalue weighted by atomic mass is 16.5. The Bertz CT molecular complexity index is 1420. The number of aromatic nitrogens is 2. The van der Waals surface area contributed by atoms with Gasteiger partial charge in [0.15, 0.2) is 0 Å². The van der Waals surface area contributed by atoms with Crippen molar-refractivity contribution < 1.29 is 19.1 Å². The topological polar surface area (TPSA) is 102 Å². The normalized spacial score (nSPS) is 14.2. The van der Waals surface area contributed by atoms with E-state index in [2.05, 4.69) is 26.7 Å². The predicted molar refractivity (Wildman–Crippen MR) is 138 cm³/mol. The molecule has 2 aromatic carbocycles. The molecule has 0 fully saturated rings. The molecule has 8 heteroatoms. The SMILES string of the molecule is CNC(=O)c1cc(Oc2ccc3c(c2)CC(NC(=O)c2cccnc2Oc2ccccc2)CC3)ccn1. The minimum absolute atomic E-state index is 0.0409. The summed E-state index contributed by atoms with van der Waals surface area (Å²) in [6, 6.07) is 21.9. The summed E-state index contributed by atoms with van der Waals surface area (Å²) < 4.78 is 11.9. The molecule has 2 N–H and O–H groups in total. The van der Waals surface area contributed by atoms with Gasteiger partial charge in [-0.05, 0) is 72.9 Å². The summed E-state index contributed by atoms with van der Waals surface area (Å²) in [6.45, 7) is 0. The van der Waals surface area contributed by atoms with Crippen molar-refractivity contribution in [2.45, 2.75) is 25.3 Å². The highest BCUT2D eigenvalue weighted by Crippen LogP contribution is 2.29. The zero-order chi connectivity index (χ0) is 25.6. The summed E-state index contributed by atoms with van der Waals surface area (Å²) in [6.07, 6.45) is 5.49. The number of carbonyl (C=O) groups is 2. The van der Waals surface area contributed by atoms with Gasteiger partial charge in [-0.1, -0.05) is 24.3 Å². The first-order valence-corrected chi connectivity index (χ1v) is 12.1. The summed E-state index contributed by atoms with van der Waals surface area (Å²) in [5.74, 6) is 1.57. The average Bonchev–Trinajstić information content (AvgIpc) is 2.93. The van der Waals surface area contributed by atoms with Crippen molar-refractivity contribution in [3.05, 3.63) is 108 Å². The molecule has 186 valence electrons. The maximum atomic E-state index is 13.2. The number of nitrogens with zero attached hydrogens (tertiary/aromatic N) is 2. The van der Waals surface area contributed by atoms with Crippen LogP contribution in [0.25, 0.3) is 0 Å². The van der Waals surface area contributed by atoms with Crippen LogP contribution in [0, 0.1) is 0 Å². The molecule has 5 rings (SSSR count). The van der Waals surface area contributed by atoms with Crippen LogP contribution in [0.2, 0.25) is 0 Å². The Kier molecular flexibility index (Phi) is 7.07. The van der Waals surface area contributed by atoms with Crippen molar-refractivity contribution in [3.8, 4) is 23.1 Å². The van der Waals surface area contributed by atoms with E-state index < -0.39 is 0 Å². The summed E-state index contributed by atoms with van der Waals surface area (Å²) in [7, 11) is 1.56. The first kappa shape index (κ1) is 24.0. The van der Waals surface area contributed by atoms with Crippen molar-refractivity contribution in [3.63, 3.8) is 0 Å². The third-order valence-electron chi connectivity index (χ3n) is 6.14. The van der Waals surface area contributed by atoms with E-state index in [1.807, 2.05) is 42.5 Å². The van der Waals surface area contributed by atoms with Crippen LogP contribution in [0.15, 0.2) is 85.2 Å². The highest BCUT2D eigenvalue weighted by molar-refractivity contribution is 5.96. The van der Waals surface area contributed by atoms with E-state index in [9.17, 15) is 9.59 Å². The first-order valence-electron chi connectivity index (χ1n) is 12.1. The number of hydrogen-bond donors (Lipinski definition) is 2. The minimum Gasteiger partial charge on any atom is -0.457 e. The molecule has 0 radical (unpaired) electrons. The summed E-state index contributed by atoms with van der Waals surface area (Å²) >= 11 is 0. The number of ether oxygens (including phenoxy) is 2. The molecule has 8 nitrogen and oxygen atoms in total. The lowest BCUT2D eigenvalue weighted by atomic mass is 9.88. The number of para-hydroxylation sites is 1. The van der Waals surface area contributed by atoms with Crippen LogP contribution in [-0.4, -0.2) is 34.9 Å². The Labute approximate surface area is 214 Å². The lowest BCUT2D eigenvalue weighted by Gasteiger charge is -2.26. The fourth-order valence-electron chi connectivity index (χ4n) is 4.29. The van der Waals surface area contributed by atoms with Crippen molar-refractivity contribution in [1.29, 1.82) is 0 Å². The minimum atomic E-state index is -0.277.